The Bertz CT molecular complexity index is 407. The van der Waals surface area contributed by atoms with Gasteiger partial charge in [0, 0.05) is 17.7 Å². The summed E-state index contributed by atoms with van der Waals surface area (Å²) in [5.41, 5.74) is 0.941. The second kappa shape index (κ2) is 7.86. The third kappa shape index (κ3) is 5.36. The Labute approximate surface area is 114 Å². The summed E-state index contributed by atoms with van der Waals surface area (Å²) >= 11 is 0. The summed E-state index contributed by atoms with van der Waals surface area (Å²) in [6, 6.07) is 6.91. The quantitative estimate of drug-likeness (QED) is 0.446. The monoisotopic (exact) mass is 265 g/mol. The first-order valence-corrected chi connectivity index (χ1v) is 6.64. The van der Waals surface area contributed by atoms with Crippen molar-refractivity contribution < 1.29 is 4.92 Å². The van der Waals surface area contributed by atoms with Gasteiger partial charge in [-0.15, -0.1) is 0 Å². The van der Waals surface area contributed by atoms with Gasteiger partial charge in [0.25, 0.3) is 5.69 Å². The Balaban J connectivity index is 2.45. The molecule has 5 nitrogen and oxygen atoms in total. The molecule has 0 spiro atoms. The van der Waals surface area contributed by atoms with Crippen LogP contribution in [0.25, 0.3) is 0 Å². The van der Waals surface area contributed by atoms with Crippen LogP contribution in [0.1, 0.15) is 31.4 Å². The van der Waals surface area contributed by atoms with Gasteiger partial charge in [0.05, 0.1) is 4.92 Å². The molecule has 0 aliphatic carbocycles. The second-order valence-corrected chi connectivity index (χ2v) is 5.00. The minimum atomic E-state index is -0.320. The Morgan fingerprint density at radius 2 is 2.00 bits per heavy atom. The second-order valence-electron chi connectivity index (χ2n) is 5.00. The van der Waals surface area contributed by atoms with E-state index in [1.54, 1.807) is 12.1 Å². The van der Waals surface area contributed by atoms with Crippen molar-refractivity contribution in [2.24, 2.45) is 0 Å². The summed E-state index contributed by atoms with van der Waals surface area (Å²) in [7, 11) is 4.12. The molecule has 0 saturated carbocycles. The molecule has 0 aromatic heterocycles. The molecular weight excluding hydrogens is 242 g/mol. The molecule has 0 heterocycles. The fourth-order valence-electron chi connectivity index (χ4n) is 2.00. The molecule has 0 bridgehead atoms. The van der Waals surface area contributed by atoms with Gasteiger partial charge in [-0.3, -0.25) is 10.1 Å². The van der Waals surface area contributed by atoms with Gasteiger partial charge >= 0.3 is 0 Å². The van der Waals surface area contributed by atoms with Gasteiger partial charge in [-0.05, 0) is 47.0 Å². The lowest BCUT2D eigenvalue weighted by molar-refractivity contribution is -0.385. The molecule has 1 atom stereocenters. The van der Waals surface area contributed by atoms with Crippen LogP contribution in [-0.2, 0) is 0 Å². The molecule has 0 amide bonds. The SMILES string of the molecule is CC(NCCCCN(C)C)c1ccccc1[N+](=O)[O-]. The highest BCUT2D eigenvalue weighted by Crippen LogP contribution is 2.24. The third-order valence-corrected chi connectivity index (χ3v) is 3.08. The summed E-state index contributed by atoms with van der Waals surface area (Å²) in [6.07, 6.45) is 2.20. The first kappa shape index (κ1) is 15.6. The molecule has 0 aliphatic rings. The van der Waals surface area contributed by atoms with Gasteiger partial charge in [0.1, 0.15) is 0 Å². The van der Waals surface area contributed by atoms with Crippen molar-refractivity contribution in [1.82, 2.24) is 10.2 Å². The first-order valence-electron chi connectivity index (χ1n) is 6.64. The normalized spacial score (nSPS) is 12.6. The molecule has 19 heavy (non-hydrogen) atoms. The Morgan fingerprint density at radius 3 is 2.63 bits per heavy atom. The van der Waals surface area contributed by atoms with Gasteiger partial charge in [-0.25, -0.2) is 0 Å². The lowest BCUT2D eigenvalue weighted by atomic mass is 10.1. The molecular formula is C14H23N3O2. The van der Waals surface area contributed by atoms with Crippen LogP contribution in [0.2, 0.25) is 0 Å². The van der Waals surface area contributed by atoms with Crippen molar-refractivity contribution in [1.29, 1.82) is 0 Å². The number of hydrogen-bond acceptors (Lipinski definition) is 4. The smallest absolute Gasteiger partial charge is 0.274 e. The molecule has 1 rings (SSSR count). The molecule has 1 unspecified atom stereocenters. The predicted molar refractivity (Wildman–Crippen MR) is 77.3 cm³/mol. The van der Waals surface area contributed by atoms with E-state index >= 15 is 0 Å². The highest BCUT2D eigenvalue weighted by Gasteiger charge is 2.17. The Morgan fingerprint density at radius 1 is 1.32 bits per heavy atom. The fraction of sp³-hybridized carbons (Fsp3) is 0.571. The molecule has 1 aromatic carbocycles. The number of unbranched alkanes of at least 4 members (excludes halogenated alkanes) is 1. The van der Waals surface area contributed by atoms with Gasteiger partial charge in [0.15, 0.2) is 0 Å². The van der Waals surface area contributed by atoms with Crippen LogP contribution in [0, 0.1) is 10.1 Å². The lowest BCUT2D eigenvalue weighted by Gasteiger charge is -2.15. The maximum atomic E-state index is 10.9. The van der Waals surface area contributed by atoms with Gasteiger partial charge in [-0.2, -0.15) is 0 Å². The van der Waals surface area contributed by atoms with Gasteiger partial charge in [-0.1, -0.05) is 18.2 Å². The molecule has 0 saturated heterocycles. The average Bonchev–Trinajstić information content (AvgIpc) is 2.37. The van der Waals surface area contributed by atoms with Crippen molar-refractivity contribution >= 4 is 5.69 Å². The van der Waals surface area contributed by atoms with Crippen LogP contribution >= 0.6 is 0 Å². The van der Waals surface area contributed by atoms with Crippen LogP contribution in [0.15, 0.2) is 24.3 Å². The van der Waals surface area contributed by atoms with Crippen LogP contribution in [-0.4, -0.2) is 37.0 Å². The van der Waals surface area contributed by atoms with Crippen LogP contribution in [0.4, 0.5) is 5.69 Å². The van der Waals surface area contributed by atoms with Gasteiger partial charge < -0.3 is 10.2 Å². The van der Waals surface area contributed by atoms with E-state index in [9.17, 15) is 10.1 Å². The lowest BCUT2D eigenvalue weighted by Crippen LogP contribution is -2.22. The van der Waals surface area contributed by atoms with E-state index in [4.69, 9.17) is 0 Å². The largest absolute Gasteiger partial charge is 0.310 e. The zero-order valence-corrected chi connectivity index (χ0v) is 11.9. The molecule has 1 aromatic rings. The van der Waals surface area contributed by atoms with Crippen LogP contribution in [0.3, 0.4) is 0 Å². The predicted octanol–water partition coefficient (Wildman–Crippen LogP) is 2.59. The maximum absolute atomic E-state index is 10.9. The third-order valence-electron chi connectivity index (χ3n) is 3.08. The Hall–Kier alpha value is -1.46. The zero-order chi connectivity index (χ0) is 14.3. The van der Waals surface area contributed by atoms with E-state index in [0.29, 0.717) is 0 Å². The average molecular weight is 265 g/mol. The minimum Gasteiger partial charge on any atom is -0.310 e. The van der Waals surface area contributed by atoms with Crippen molar-refractivity contribution in [3.63, 3.8) is 0 Å². The van der Waals surface area contributed by atoms with E-state index in [2.05, 4.69) is 24.3 Å². The van der Waals surface area contributed by atoms with Crippen molar-refractivity contribution in [2.45, 2.75) is 25.8 Å². The van der Waals surface area contributed by atoms with Gasteiger partial charge in [0.2, 0.25) is 0 Å². The number of nitrogens with one attached hydrogen (secondary N) is 1. The van der Waals surface area contributed by atoms with Crippen LogP contribution < -0.4 is 5.32 Å². The first-order chi connectivity index (χ1) is 9.02. The molecule has 0 aliphatic heterocycles. The molecule has 0 radical (unpaired) electrons. The summed E-state index contributed by atoms with van der Waals surface area (Å²) in [5, 5.41) is 14.3. The van der Waals surface area contributed by atoms with E-state index in [1.807, 2.05) is 19.1 Å². The van der Waals surface area contributed by atoms with E-state index in [-0.39, 0.29) is 16.7 Å². The number of para-hydroxylation sites is 1. The highest BCUT2D eigenvalue weighted by molar-refractivity contribution is 5.41. The summed E-state index contributed by atoms with van der Waals surface area (Å²) in [4.78, 5) is 12.8. The van der Waals surface area contributed by atoms with Crippen molar-refractivity contribution in [3.05, 3.63) is 39.9 Å². The fourth-order valence-corrected chi connectivity index (χ4v) is 2.00. The molecule has 5 heteroatoms. The zero-order valence-electron chi connectivity index (χ0n) is 11.9. The number of nitro benzene ring substituents is 1. The minimum absolute atomic E-state index is 0.000885. The molecule has 0 fully saturated rings. The number of benzene rings is 1. The summed E-state index contributed by atoms with van der Waals surface area (Å²) in [5.74, 6) is 0. The van der Waals surface area contributed by atoms with Crippen LogP contribution in [0.5, 0.6) is 0 Å². The van der Waals surface area contributed by atoms with E-state index < -0.39 is 0 Å². The topological polar surface area (TPSA) is 58.4 Å². The number of nitrogens with zero attached hydrogens (tertiary/aromatic N) is 2. The maximum Gasteiger partial charge on any atom is 0.274 e. The van der Waals surface area contributed by atoms with E-state index in [0.717, 1.165) is 31.5 Å². The Kier molecular flexibility index (Phi) is 6.45. The van der Waals surface area contributed by atoms with Crippen molar-refractivity contribution in [3.8, 4) is 0 Å². The molecule has 106 valence electrons. The number of hydrogen-bond donors (Lipinski definition) is 1. The molecule has 1 N–H and O–H groups in total. The number of nitro groups is 1. The van der Waals surface area contributed by atoms with Crippen molar-refractivity contribution in [2.75, 3.05) is 27.2 Å². The van der Waals surface area contributed by atoms with E-state index in [1.165, 1.54) is 0 Å². The summed E-state index contributed by atoms with van der Waals surface area (Å²) in [6.45, 7) is 3.91. The standard InChI is InChI=1S/C14H23N3O2/c1-12(15-10-6-7-11-16(2)3)13-8-4-5-9-14(13)17(18)19/h4-5,8-9,12,15H,6-7,10-11H2,1-3H3. The summed E-state index contributed by atoms with van der Waals surface area (Å²) < 4.78 is 0. The number of rotatable bonds is 8. The highest BCUT2D eigenvalue weighted by atomic mass is 16.6.